The number of carbonyl (C=O) groups is 2. The summed E-state index contributed by atoms with van der Waals surface area (Å²) in [5.41, 5.74) is 1.14. The lowest BCUT2D eigenvalue weighted by Crippen LogP contribution is -2.05. The summed E-state index contributed by atoms with van der Waals surface area (Å²) in [5, 5.41) is 9.14. The van der Waals surface area contributed by atoms with E-state index >= 15 is 0 Å². The predicted molar refractivity (Wildman–Crippen MR) is 72.4 cm³/mol. The van der Waals surface area contributed by atoms with Gasteiger partial charge in [0.25, 0.3) is 0 Å². The third-order valence-electron chi connectivity index (χ3n) is 2.86. The van der Waals surface area contributed by atoms with E-state index in [9.17, 15) is 9.59 Å². The Labute approximate surface area is 111 Å². The van der Waals surface area contributed by atoms with Crippen LogP contribution in [0.3, 0.4) is 0 Å². The van der Waals surface area contributed by atoms with Crippen molar-refractivity contribution in [2.75, 3.05) is 0 Å². The Bertz CT molecular complexity index is 571. The number of carbonyl (C=O) groups excluding carboxylic acids is 2. The van der Waals surface area contributed by atoms with E-state index in [2.05, 4.69) is 0 Å². The Morgan fingerprint density at radius 1 is 0.737 bits per heavy atom. The Morgan fingerprint density at radius 2 is 1.21 bits per heavy atom. The Hall–Kier alpha value is -2.42. The normalized spacial score (nSPS) is 10.1. The van der Waals surface area contributed by atoms with Crippen LogP contribution in [0, 0.1) is 0 Å². The fourth-order valence-corrected chi connectivity index (χ4v) is 1.79. The fraction of sp³-hybridized carbons (Fsp3) is 0.125. The van der Waals surface area contributed by atoms with E-state index in [1.807, 2.05) is 6.07 Å². The largest absolute Gasteiger partial charge is 0.508 e. The maximum absolute atomic E-state index is 11.9. The molecule has 3 heteroatoms. The number of hydrogen-bond donors (Lipinski definition) is 1. The van der Waals surface area contributed by atoms with E-state index in [1.165, 1.54) is 12.1 Å². The highest BCUT2D eigenvalue weighted by atomic mass is 16.3. The molecule has 0 amide bonds. The molecule has 0 radical (unpaired) electrons. The molecule has 2 aromatic carbocycles. The summed E-state index contributed by atoms with van der Waals surface area (Å²) < 4.78 is 0. The maximum Gasteiger partial charge on any atom is 0.163 e. The van der Waals surface area contributed by atoms with Crippen LogP contribution in [-0.2, 0) is 0 Å². The van der Waals surface area contributed by atoms with Crippen LogP contribution in [0.15, 0.2) is 54.6 Å². The van der Waals surface area contributed by atoms with Crippen LogP contribution in [0.1, 0.15) is 33.6 Å². The summed E-state index contributed by atoms with van der Waals surface area (Å²) >= 11 is 0. The topological polar surface area (TPSA) is 54.4 Å². The molecule has 0 aliphatic heterocycles. The Balaban J connectivity index is 1.94. The first-order chi connectivity index (χ1) is 9.16. The van der Waals surface area contributed by atoms with Crippen molar-refractivity contribution >= 4 is 11.6 Å². The minimum absolute atomic E-state index is 0.0345. The van der Waals surface area contributed by atoms with Crippen LogP contribution < -0.4 is 0 Å². The first-order valence-corrected chi connectivity index (χ1v) is 6.07. The molecule has 0 saturated heterocycles. The van der Waals surface area contributed by atoms with Gasteiger partial charge in [-0.25, -0.2) is 0 Å². The lowest BCUT2D eigenvalue weighted by molar-refractivity contribution is 0.0917. The van der Waals surface area contributed by atoms with Gasteiger partial charge < -0.3 is 5.11 Å². The standard InChI is InChI=1S/C16H14O3/c17-14-8-6-13(7-9-14)16(19)11-10-15(18)12-4-2-1-3-5-12/h1-9,17H,10-11H2. The van der Waals surface area contributed by atoms with Gasteiger partial charge in [-0.3, -0.25) is 9.59 Å². The molecule has 19 heavy (non-hydrogen) atoms. The molecule has 0 saturated carbocycles. The van der Waals surface area contributed by atoms with Crippen molar-refractivity contribution in [3.63, 3.8) is 0 Å². The SMILES string of the molecule is O=C(CCC(=O)c1ccc(O)cc1)c1ccccc1. The van der Waals surface area contributed by atoms with Crippen LogP contribution in [0.5, 0.6) is 5.75 Å². The summed E-state index contributed by atoms with van der Waals surface area (Å²) in [6, 6.07) is 15.0. The second kappa shape index (κ2) is 5.96. The number of phenolic OH excluding ortho intramolecular Hbond substituents is 1. The molecule has 1 N–H and O–H groups in total. The van der Waals surface area contributed by atoms with Crippen molar-refractivity contribution in [2.24, 2.45) is 0 Å². The van der Waals surface area contributed by atoms with E-state index < -0.39 is 0 Å². The minimum Gasteiger partial charge on any atom is -0.508 e. The summed E-state index contributed by atoms with van der Waals surface area (Å²) in [6.07, 6.45) is 0.377. The molecule has 0 atom stereocenters. The molecule has 0 aromatic heterocycles. The predicted octanol–water partition coefficient (Wildman–Crippen LogP) is 3.24. The van der Waals surface area contributed by atoms with E-state index in [0.717, 1.165) is 0 Å². The highest BCUT2D eigenvalue weighted by Crippen LogP contribution is 2.13. The maximum atomic E-state index is 11.9. The summed E-state index contributed by atoms with van der Waals surface area (Å²) in [7, 11) is 0. The molecular weight excluding hydrogens is 240 g/mol. The van der Waals surface area contributed by atoms with Gasteiger partial charge in [0.1, 0.15) is 5.75 Å². The molecule has 0 aliphatic carbocycles. The first kappa shape index (κ1) is 13.0. The number of benzene rings is 2. The molecule has 0 aliphatic rings. The number of rotatable bonds is 5. The zero-order valence-corrected chi connectivity index (χ0v) is 10.4. The zero-order chi connectivity index (χ0) is 13.7. The summed E-state index contributed by atoms with van der Waals surface area (Å²) in [6.45, 7) is 0. The number of hydrogen-bond acceptors (Lipinski definition) is 3. The van der Waals surface area contributed by atoms with E-state index in [0.29, 0.717) is 11.1 Å². The Morgan fingerprint density at radius 3 is 1.74 bits per heavy atom. The van der Waals surface area contributed by atoms with Crippen LogP contribution in [0.4, 0.5) is 0 Å². The fourth-order valence-electron chi connectivity index (χ4n) is 1.79. The van der Waals surface area contributed by atoms with Crippen molar-refractivity contribution in [2.45, 2.75) is 12.8 Å². The lowest BCUT2D eigenvalue weighted by atomic mass is 10.0. The average molecular weight is 254 g/mol. The molecule has 0 fully saturated rings. The van der Waals surface area contributed by atoms with E-state index in [1.54, 1.807) is 36.4 Å². The van der Waals surface area contributed by atoms with Crippen molar-refractivity contribution in [1.29, 1.82) is 0 Å². The van der Waals surface area contributed by atoms with Gasteiger partial charge in [-0.1, -0.05) is 30.3 Å². The summed E-state index contributed by atoms with van der Waals surface area (Å²) in [4.78, 5) is 23.7. The van der Waals surface area contributed by atoms with Crippen molar-refractivity contribution < 1.29 is 14.7 Å². The second-order valence-corrected chi connectivity index (χ2v) is 4.26. The van der Waals surface area contributed by atoms with Gasteiger partial charge in [-0.05, 0) is 24.3 Å². The van der Waals surface area contributed by atoms with Crippen LogP contribution in [0.25, 0.3) is 0 Å². The second-order valence-electron chi connectivity index (χ2n) is 4.26. The third-order valence-corrected chi connectivity index (χ3v) is 2.86. The van der Waals surface area contributed by atoms with E-state index in [4.69, 9.17) is 5.11 Å². The van der Waals surface area contributed by atoms with Gasteiger partial charge in [0.15, 0.2) is 11.6 Å². The van der Waals surface area contributed by atoms with Gasteiger partial charge >= 0.3 is 0 Å². The third kappa shape index (κ3) is 3.52. The monoisotopic (exact) mass is 254 g/mol. The molecule has 0 spiro atoms. The first-order valence-electron chi connectivity index (χ1n) is 6.07. The Kier molecular flexibility index (Phi) is 4.08. The van der Waals surface area contributed by atoms with Crippen molar-refractivity contribution in [3.05, 3.63) is 65.7 Å². The molecule has 0 unspecified atom stereocenters. The van der Waals surface area contributed by atoms with Crippen LogP contribution in [0.2, 0.25) is 0 Å². The zero-order valence-electron chi connectivity index (χ0n) is 10.4. The molecule has 0 heterocycles. The van der Waals surface area contributed by atoms with E-state index in [-0.39, 0.29) is 30.2 Å². The van der Waals surface area contributed by atoms with Gasteiger partial charge in [0.2, 0.25) is 0 Å². The average Bonchev–Trinajstić information content (AvgIpc) is 2.46. The molecular formula is C16H14O3. The highest BCUT2D eigenvalue weighted by molar-refractivity contribution is 6.02. The van der Waals surface area contributed by atoms with Gasteiger partial charge in [-0.15, -0.1) is 0 Å². The van der Waals surface area contributed by atoms with Crippen LogP contribution in [-0.4, -0.2) is 16.7 Å². The summed E-state index contributed by atoms with van der Waals surface area (Å²) in [5.74, 6) is -0.00563. The molecule has 2 aromatic rings. The molecule has 0 bridgehead atoms. The van der Waals surface area contributed by atoms with Crippen LogP contribution >= 0.6 is 0 Å². The molecule has 2 rings (SSSR count). The number of Topliss-reactive ketones (excluding diaryl/α,β-unsaturated/α-hetero) is 2. The van der Waals surface area contributed by atoms with Crippen molar-refractivity contribution in [3.8, 4) is 5.75 Å². The van der Waals surface area contributed by atoms with Crippen molar-refractivity contribution in [1.82, 2.24) is 0 Å². The van der Waals surface area contributed by atoms with Gasteiger partial charge in [-0.2, -0.15) is 0 Å². The molecule has 96 valence electrons. The number of phenols is 1. The number of aromatic hydroxyl groups is 1. The highest BCUT2D eigenvalue weighted by Gasteiger charge is 2.10. The van der Waals surface area contributed by atoms with Gasteiger partial charge in [0, 0.05) is 24.0 Å². The number of ketones is 2. The quantitative estimate of drug-likeness (QED) is 0.833. The lowest BCUT2D eigenvalue weighted by Gasteiger charge is -2.02. The smallest absolute Gasteiger partial charge is 0.163 e. The van der Waals surface area contributed by atoms with Gasteiger partial charge in [0.05, 0.1) is 0 Å². The molecule has 3 nitrogen and oxygen atoms in total. The minimum atomic E-state index is -0.0933.